The topological polar surface area (TPSA) is 61.9 Å². The Kier molecular flexibility index (Phi) is 6.16. The first-order valence-corrected chi connectivity index (χ1v) is 8.79. The Balaban J connectivity index is 1.80. The van der Waals surface area contributed by atoms with E-state index >= 15 is 0 Å². The molecule has 1 fully saturated rings. The van der Waals surface area contributed by atoms with Gasteiger partial charge in [0.1, 0.15) is 5.60 Å². The highest BCUT2D eigenvalue weighted by atomic mass is 35.5. The lowest BCUT2D eigenvalue weighted by atomic mass is 10.2. The number of benzene rings is 1. The van der Waals surface area contributed by atoms with Gasteiger partial charge in [-0.2, -0.15) is 0 Å². The maximum absolute atomic E-state index is 12.4. The van der Waals surface area contributed by atoms with Gasteiger partial charge in [0.2, 0.25) is 5.91 Å². The smallest absolute Gasteiger partial charge is 0.410 e. The number of ether oxygens (including phenoxy) is 1. The van der Waals surface area contributed by atoms with E-state index < -0.39 is 5.60 Å². The molecule has 1 N–H and O–H groups in total. The Labute approximate surface area is 154 Å². The number of carbonyl (C=O) groups excluding carboxylic acids is 2. The number of rotatable bonds is 3. The molecule has 0 atom stereocenters. The van der Waals surface area contributed by atoms with Gasteiger partial charge in [0, 0.05) is 36.9 Å². The number of piperazine rings is 1. The van der Waals surface area contributed by atoms with E-state index in [1.807, 2.05) is 39.8 Å². The predicted octanol–water partition coefficient (Wildman–Crippen LogP) is 3.14. The van der Waals surface area contributed by atoms with Crippen LogP contribution < -0.4 is 5.32 Å². The number of halogens is 1. The Morgan fingerprint density at radius 3 is 2.32 bits per heavy atom. The molecule has 1 heterocycles. The lowest BCUT2D eigenvalue weighted by Gasteiger charge is -2.35. The van der Waals surface area contributed by atoms with Crippen LogP contribution >= 0.6 is 11.6 Å². The normalized spacial score (nSPS) is 15.1. The van der Waals surface area contributed by atoms with Crippen LogP contribution in [0.4, 0.5) is 10.5 Å². The Morgan fingerprint density at radius 2 is 1.76 bits per heavy atom. The van der Waals surface area contributed by atoms with Gasteiger partial charge < -0.3 is 19.9 Å². The van der Waals surface area contributed by atoms with Crippen molar-refractivity contribution >= 4 is 29.3 Å². The standard InChI is InChI=1S/C18H26ClN3O3/c1-13-11-14(19)5-6-15(13)20-12-16(23)21-7-9-22(10-8-21)17(24)25-18(2,3)4/h5-6,11,20H,7-10,12H2,1-4H3. The van der Waals surface area contributed by atoms with Crippen LogP contribution in [0.25, 0.3) is 0 Å². The summed E-state index contributed by atoms with van der Waals surface area (Å²) in [5, 5.41) is 3.82. The van der Waals surface area contributed by atoms with Crippen molar-refractivity contribution in [2.45, 2.75) is 33.3 Å². The maximum atomic E-state index is 12.4. The average molecular weight is 368 g/mol. The fraction of sp³-hybridized carbons (Fsp3) is 0.556. The van der Waals surface area contributed by atoms with Gasteiger partial charge in [-0.25, -0.2) is 4.79 Å². The molecule has 7 heteroatoms. The number of nitrogens with zero attached hydrogens (tertiary/aromatic N) is 2. The summed E-state index contributed by atoms with van der Waals surface area (Å²) >= 11 is 5.94. The lowest BCUT2D eigenvalue weighted by molar-refractivity contribution is -0.131. The number of amides is 2. The summed E-state index contributed by atoms with van der Waals surface area (Å²) in [5.41, 5.74) is 1.38. The van der Waals surface area contributed by atoms with E-state index in [0.29, 0.717) is 31.2 Å². The summed E-state index contributed by atoms with van der Waals surface area (Å²) in [6.45, 7) is 9.69. The molecule has 0 aromatic heterocycles. The molecule has 1 aliphatic heterocycles. The maximum Gasteiger partial charge on any atom is 0.410 e. The second-order valence-corrected chi connectivity index (χ2v) is 7.60. The van der Waals surface area contributed by atoms with Crippen molar-refractivity contribution in [3.63, 3.8) is 0 Å². The first-order chi connectivity index (χ1) is 11.7. The Hall–Kier alpha value is -1.95. The van der Waals surface area contributed by atoms with Crippen LogP contribution in [-0.2, 0) is 9.53 Å². The number of anilines is 1. The summed E-state index contributed by atoms with van der Waals surface area (Å²) in [5.74, 6) is 0.0122. The van der Waals surface area contributed by atoms with Crippen molar-refractivity contribution in [2.24, 2.45) is 0 Å². The zero-order chi connectivity index (χ0) is 18.6. The van der Waals surface area contributed by atoms with E-state index in [0.717, 1.165) is 11.3 Å². The number of nitrogens with one attached hydrogen (secondary N) is 1. The quantitative estimate of drug-likeness (QED) is 0.891. The Bertz CT molecular complexity index is 635. The van der Waals surface area contributed by atoms with Crippen molar-refractivity contribution < 1.29 is 14.3 Å². The van der Waals surface area contributed by atoms with E-state index in [2.05, 4.69) is 5.32 Å². The molecular formula is C18H26ClN3O3. The largest absolute Gasteiger partial charge is 0.444 e. The predicted molar refractivity (Wildman–Crippen MR) is 99.1 cm³/mol. The monoisotopic (exact) mass is 367 g/mol. The molecule has 6 nitrogen and oxygen atoms in total. The average Bonchev–Trinajstić information content (AvgIpc) is 2.52. The highest BCUT2D eigenvalue weighted by Crippen LogP contribution is 2.19. The molecule has 25 heavy (non-hydrogen) atoms. The molecule has 0 unspecified atom stereocenters. The highest BCUT2D eigenvalue weighted by molar-refractivity contribution is 6.30. The van der Waals surface area contributed by atoms with Gasteiger partial charge >= 0.3 is 6.09 Å². The molecule has 0 aliphatic carbocycles. The van der Waals surface area contributed by atoms with Crippen LogP contribution in [-0.4, -0.2) is 60.1 Å². The van der Waals surface area contributed by atoms with Crippen molar-refractivity contribution in [2.75, 3.05) is 38.0 Å². The third kappa shape index (κ3) is 5.81. The molecule has 0 spiro atoms. The molecule has 0 bridgehead atoms. The van der Waals surface area contributed by atoms with Gasteiger partial charge in [-0.05, 0) is 51.5 Å². The van der Waals surface area contributed by atoms with Gasteiger partial charge in [0.05, 0.1) is 6.54 Å². The minimum absolute atomic E-state index is 0.0122. The second-order valence-electron chi connectivity index (χ2n) is 7.16. The van der Waals surface area contributed by atoms with Gasteiger partial charge in [-0.15, -0.1) is 0 Å². The molecule has 0 radical (unpaired) electrons. The zero-order valence-corrected chi connectivity index (χ0v) is 16.0. The molecule has 1 aliphatic rings. The Morgan fingerprint density at radius 1 is 1.16 bits per heavy atom. The van der Waals surface area contributed by atoms with Gasteiger partial charge in [0.15, 0.2) is 0 Å². The number of hydrogen-bond donors (Lipinski definition) is 1. The number of carbonyl (C=O) groups is 2. The van der Waals surface area contributed by atoms with Crippen LogP contribution in [0.5, 0.6) is 0 Å². The summed E-state index contributed by atoms with van der Waals surface area (Å²) in [7, 11) is 0. The zero-order valence-electron chi connectivity index (χ0n) is 15.3. The first kappa shape index (κ1) is 19.4. The summed E-state index contributed by atoms with van der Waals surface area (Å²) in [4.78, 5) is 27.8. The second kappa shape index (κ2) is 7.95. The van der Waals surface area contributed by atoms with Gasteiger partial charge in [-0.1, -0.05) is 11.6 Å². The minimum Gasteiger partial charge on any atom is -0.444 e. The van der Waals surface area contributed by atoms with E-state index in [1.54, 1.807) is 15.9 Å². The minimum atomic E-state index is -0.510. The van der Waals surface area contributed by atoms with Crippen LogP contribution in [0.1, 0.15) is 26.3 Å². The fourth-order valence-electron chi connectivity index (χ4n) is 2.57. The van der Waals surface area contributed by atoms with E-state index in [-0.39, 0.29) is 18.5 Å². The molecule has 138 valence electrons. The van der Waals surface area contributed by atoms with E-state index in [4.69, 9.17) is 16.3 Å². The third-order valence-corrected chi connectivity index (χ3v) is 4.14. The SMILES string of the molecule is Cc1cc(Cl)ccc1NCC(=O)N1CCN(C(=O)OC(C)(C)C)CC1. The first-order valence-electron chi connectivity index (χ1n) is 8.41. The van der Waals surface area contributed by atoms with Crippen molar-refractivity contribution in [3.8, 4) is 0 Å². The molecule has 1 aromatic rings. The summed E-state index contributed by atoms with van der Waals surface area (Å²) < 4.78 is 5.36. The van der Waals surface area contributed by atoms with Crippen LogP contribution in [0.2, 0.25) is 5.02 Å². The fourth-order valence-corrected chi connectivity index (χ4v) is 2.80. The van der Waals surface area contributed by atoms with Crippen molar-refractivity contribution in [1.29, 1.82) is 0 Å². The molecule has 1 saturated heterocycles. The van der Waals surface area contributed by atoms with Crippen LogP contribution in [0, 0.1) is 6.92 Å². The van der Waals surface area contributed by atoms with Crippen LogP contribution in [0.3, 0.4) is 0 Å². The van der Waals surface area contributed by atoms with E-state index in [9.17, 15) is 9.59 Å². The van der Waals surface area contributed by atoms with E-state index in [1.165, 1.54) is 0 Å². The summed E-state index contributed by atoms with van der Waals surface area (Å²) in [6.07, 6.45) is -0.325. The summed E-state index contributed by atoms with van der Waals surface area (Å²) in [6, 6.07) is 5.51. The highest BCUT2D eigenvalue weighted by Gasteiger charge is 2.27. The molecular weight excluding hydrogens is 342 g/mol. The molecule has 2 rings (SSSR count). The third-order valence-electron chi connectivity index (χ3n) is 3.90. The van der Waals surface area contributed by atoms with Gasteiger partial charge in [0.25, 0.3) is 0 Å². The lowest BCUT2D eigenvalue weighted by Crippen LogP contribution is -2.52. The number of hydrogen-bond acceptors (Lipinski definition) is 4. The van der Waals surface area contributed by atoms with Crippen molar-refractivity contribution in [1.82, 2.24) is 9.80 Å². The molecule has 1 aromatic carbocycles. The van der Waals surface area contributed by atoms with Crippen molar-refractivity contribution in [3.05, 3.63) is 28.8 Å². The van der Waals surface area contributed by atoms with Gasteiger partial charge in [-0.3, -0.25) is 4.79 Å². The molecule has 0 saturated carbocycles. The van der Waals surface area contributed by atoms with Crippen LogP contribution in [0.15, 0.2) is 18.2 Å². The molecule has 2 amide bonds. The number of aryl methyl sites for hydroxylation is 1.